The maximum atomic E-state index is 11.9. The highest BCUT2D eigenvalue weighted by atomic mass is 79.9. The lowest BCUT2D eigenvalue weighted by atomic mass is 10.3. The average molecular weight is 488 g/mol. The van der Waals surface area contributed by atoms with Crippen molar-refractivity contribution in [2.75, 3.05) is 6.61 Å². The smallest absolute Gasteiger partial charge is 0.277 e. The van der Waals surface area contributed by atoms with Crippen molar-refractivity contribution >= 4 is 39.4 Å². The van der Waals surface area contributed by atoms with Crippen LogP contribution in [0.3, 0.4) is 0 Å². The molecule has 0 saturated carbocycles. The van der Waals surface area contributed by atoms with E-state index in [0.29, 0.717) is 15.9 Å². The van der Waals surface area contributed by atoms with E-state index >= 15 is 0 Å². The molecule has 158 valence electrons. The van der Waals surface area contributed by atoms with Gasteiger partial charge in [-0.2, -0.15) is 5.10 Å². The van der Waals surface area contributed by atoms with Crippen LogP contribution in [0.5, 0.6) is 5.75 Å². The van der Waals surface area contributed by atoms with Gasteiger partial charge in [-0.15, -0.1) is 0 Å². The average Bonchev–Trinajstić information content (AvgIpc) is 3.21. The number of aromatic nitrogens is 1. The van der Waals surface area contributed by atoms with Crippen molar-refractivity contribution in [3.05, 3.63) is 91.2 Å². The van der Waals surface area contributed by atoms with Gasteiger partial charge in [0.2, 0.25) is 0 Å². The number of hydrogen-bond donors (Lipinski definition) is 1. The molecular formula is C19H14BrN5O6. The van der Waals surface area contributed by atoms with Gasteiger partial charge in [0.15, 0.2) is 6.61 Å². The van der Waals surface area contributed by atoms with E-state index in [1.54, 1.807) is 35.0 Å². The molecule has 31 heavy (non-hydrogen) atoms. The van der Waals surface area contributed by atoms with Crippen LogP contribution >= 0.6 is 15.9 Å². The summed E-state index contributed by atoms with van der Waals surface area (Å²) in [5.41, 5.74) is 3.52. The zero-order valence-corrected chi connectivity index (χ0v) is 17.3. The minimum absolute atomic E-state index is 0.0157. The Morgan fingerprint density at radius 1 is 1.10 bits per heavy atom. The number of nitrogens with zero attached hydrogens (tertiary/aromatic N) is 4. The molecule has 1 aromatic heterocycles. The zero-order chi connectivity index (χ0) is 22.4. The van der Waals surface area contributed by atoms with E-state index in [1.165, 1.54) is 36.5 Å². The first-order valence-corrected chi connectivity index (χ1v) is 9.45. The normalized spacial score (nSPS) is 10.7. The molecule has 3 aromatic rings. The summed E-state index contributed by atoms with van der Waals surface area (Å²) in [6, 6.07) is 13.4. The van der Waals surface area contributed by atoms with Crippen molar-refractivity contribution in [2.45, 2.75) is 0 Å². The Morgan fingerprint density at radius 3 is 2.42 bits per heavy atom. The van der Waals surface area contributed by atoms with Crippen molar-refractivity contribution in [3.63, 3.8) is 0 Å². The number of non-ortho nitro benzene ring substituents is 2. The van der Waals surface area contributed by atoms with E-state index in [1.807, 2.05) is 0 Å². The highest BCUT2D eigenvalue weighted by molar-refractivity contribution is 9.10. The number of halogens is 1. The number of nitro groups is 2. The predicted molar refractivity (Wildman–Crippen MR) is 114 cm³/mol. The Labute approximate surface area is 183 Å². The lowest BCUT2D eigenvalue weighted by molar-refractivity contribution is -0.385. The zero-order valence-electron chi connectivity index (χ0n) is 15.7. The second kappa shape index (κ2) is 9.63. The monoisotopic (exact) mass is 487 g/mol. The van der Waals surface area contributed by atoms with Crippen LogP contribution in [0.4, 0.5) is 11.4 Å². The van der Waals surface area contributed by atoms with Gasteiger partial charge >= 0.3 is 0 Å². The van der Waals surface area contributed by atoms with Gasteiger partial charge < -0.3 is 9.30 Å². The Balaban J connectivity index is 1.58. The summed E-state index contributed by atoms with van der Waals surface area (Å²) in [5, 5.41) is 25.4. The molecule has 0 aliphatic rings. The predicted octanol–water partition coefficient (Wildman–Crippen LogP) is 3.59. The van der Waals surface area contributed by atoms with Crippen molar-refractivity contribution in [1.29, 1.82) is 0 Å². The molecule has 0 saturated heterocycles. The van der Waals surface area contributed by atoms with Crippen LogP contribution in [-0.2, 0) is 4.79 Å². The summed E-state index contributed by atoms with van der Waals surface area (Å²) in [6.07, 6.45) is 3.17. The van der Waals surface area contributed by atoms with Gasteiger partial charge in [0.25, 0.3) is 17.3 Å². The second-order valence-corrected chi connectivity index (χ2v) is 6.88. The summed E-state index contributed by atoms with van der Waals surface area (Å²) in [5.74, 6) is -0.258. The maximum absolute atomic E-state index is 11.9. The Kier molecular flexibility index (Phi) is 6.72. The van der Waals surface area contributed by atoms with E-state index in [4.69, 9.17) is 4.74 Å². The van der Waals surface area contributed by atoms with E-state index in [2.05, 4.69) is 26.5 Å². The van der Waals surface area contributed by atoms with Gasteiger partial charge in [0, 0.05) is 36.1 Å². The van der Waals surface area contributed by atoms with Crippen LogP contribution in [0, 0.1) is 20.2 Å². The molecule has 3 rings (SSSR count). The fourth-order valence-electron chi connectivity index (χ4n) is 2.54. The summed E-state index contributed by atoms with van der Waals surface area (Å²) in [4.78, 5) is 32.4. The molecule has 11 nitrogen and oxygen atoms in total. The molecular weight excluding hydrogens is 474 g/mol. The molecule has 2 aromatic carbocycles. The van der Waals surface area contributed by atoms with Crippen molar-refractivity contribution in [3.8, 4) is 11.4 Å². The first-order chi connectivity index (χ1) is 14.8. The summed E-state index contributed by atoms with van der Waals surface area (Å²) in [6.45, 7) is -0.350. The van der Waals surface area contributed by atoms with Gasteiger partial charge in [0.1, 0.15) is 5.75 Å². The number of nitro benzene ring substituents is 2. The molecule has 0 spiro atoms. The SMILES string of the molecule is O=C(COc1ccc([N+](=O)[O-])cc1Br)NN=Cc1cccn1-c1ccc([N+](=O)[O-])cc1. The van der Waals surface area contributed by atoms with Crippen LogP contribution in [0.1, 0.15) is 5.69 Å². The topological polar surface area (TPSA) is 142 Å². The van der Waals surface area contributed by atoms with Gasteiger partial charge in [-0.25, -0.2) is 5.43 Å². The molecule has 1 N–H and O–H groups in total. The lowest BCUT2D eigenvalue weighted by Gasteiger charge is -2.07. The molecule has 1 amide bonds. The maximum Gasteiger partial charge on any atom is 0.277 e. The minimum Gasteiger partial charge on any atom is -0.483 e. The van der Waals surface area contributed by atoms with Gasteiger partial charge in [-0.3, -0.25) is 25.0 Å². The molecule has 0 bridgehead atoms. The van der Waals surface area contributed by atoms with Crippen LogP contribution in [0.15, 0.2) is 70.4 Å². The van der Waals surface area contributed by atoms with Crippen molar-refractivity contribution in [2.24, 2.45) is 5.10 Å². The number of hydrogen-bond acceptors (Lipinski definition) is 7. The second-order valence-electron chi connectivity index (χ2n) is 6.03. The molecule has 0 fully saturated rings. The van der Waals surface area contributed by atoms with Gasteiger partial charge in [0.05, 0.1) is 26.2 Å². The number of carbonyl (C=O) groups is 1. The van der Waals surface area contributed by atoms with E-state index in [9.17, 15) is 25.0 Å². The fourth-order valence-corrected chi connectivity index (χ4v) is 3.02. The third kappa shape index (κ3) is 5.51. The number of amides is 1. The molecule has 0 atom stereocenters. The largest absolute Gasteiger partial charge is 0.483 e. The lowest BCUT2D eigenvalue weighted by Crippen LogP contribution is -2.24. The standard InChI is InChI=1S/C19H14BrN5O6/c20-17-10-15(25(29)30)7-8-18(17)31-12-19(26)22-21-11-16-2-1-9-23(16)13-3-5-14(6-4-13)24(27)28/h1-11H,12H2,(H,22,26). The first-order valence-electron chi connectivity index (χ1n) is 8.66. The summed E-state index contributed by atoms with van der Waals surface area (Å²) >= 11 is 3.16. The first kappa shape index (κ1) is 21.6. The summed E-state index contributed by atoms with van der Waals surface area (Å²) in [7, 11) is 0. The molecule has 1 heterocycles. The van der Waals surface area contributed by atoms with Crippen LogP contribution in [0.25, 0.3) is 5.69 Å². The van der Waals surface area contributed by atoms with Crippen LogP contribution < -0.4 is 10.2 Å². The quantitative estimate of drug-likeness (QED) is 0.292. The van der Waals surface area contributed by atoms with Crippen LogP contribution in [0.2, 0.25) is 0 Å². The van der Waals surface area contributed by atoms with Gasteiger partial charge in [-0.1, -0.05) is 0 Å². The summed E-state index contributed by atoms with van der Waals surface area (Å²) < 4.78 is 7.42. The van der Waals surface area contributed by atoms with Gasteiger partial charge in [-0.05, 0) is 46.3 Å². The fraction of sp³-hybridized carbons (Fsp3) is 0.0526. The number of rotatable bonds is 8. The third-order valence-electron chi connectivity index (χ3n) is 3.99. The highest BCUT2D eigenvalue weighted by Crippen LogP contribution is 2.29. The number of nitrogens with one attached hydrogen (secondary N) is 1. The molecule has 0 unspecified atom stereocenters. The molecule has 0 radical (unpaired) electrons. The number of carbonyl (C=O) groups excluding carboxylic acids is 1. The Hall–Kier alpha value is -4.06. The minimum atomic E-state index is -0.539. The highest BCUT2D eigenvalue weighted by Gasteiger charge is 2.11. The number of benzene rings is 2. The third-order valence-corrected chi connectivity index (χ3v) is 4.61. The molecule has 0 aliphatic carbocycles. The molecule has 0 aliphatic heterocycles. The van der Waals surface area contributed by atoms with Crippen molar-refractivity contribution in [1.82, 2.24) is 9.99 Å². The Morgan fingerprint density at radius 2 is 1.77 bits per heavy atom. The van der Waals surface area contributed by atoms with E-state index < -0.39 is 15.8 Å². The molecule has 12 heteroatoms. The number of hydrazone groups is 1. The van der Waals surface area contributed by atoms with E-state index in [-0.39, 0.29) is 23.7 Å². The Bertz CT molecular complexity index is 1160. The van der Waals surface area contributed by atoms with E-state index in [0.717, 1.165) is 0 Å². The van der Waals surface area contributed by atoms with Crippen molar-refractivity contribution < 1.29 is 19.4 Å². The number of ether oxygens (including phenoxy) is 1. The van der Waals surface area contributed by atoms with Crippen LogP contribution in [-0.4, -0.2) is 33.1 Å².